The minimum atomic E-state index is 0.948. The number of thiol groups is 1. The Morgan fingerprint density at radius 2 is 2.14 bits per heavy atom. The molecule has 70 valence electrons. The molecule has 0 radical (unpaired) electrons. The minimum absolute atomic E-state index is 0.948. The first-order valence-corrected chi connectivity index (χ1v) is 4.84. The third-order valence-electron chi connectivity index (χ3n) is 2.10. The molecule has 0 fully saturated rings. The molecule has 1 aromatic heterocycles. The SMILES string of the molecule is C=Cc1cccc(-c2cc(S)c[nH]2)c1. The normalized spacial score (nSPS) is 10.1. The van der Waals surface area contributed by atoms with Crippen molar-refractivity contribution in [3.8, 4) is 11.3 Å². The fraction of sp³-hybridized carbons (Fsp3) is 0. The molecule has 1 heterocycles. The van der Waals surface area contributed by atoms with Crippen molar-refractivity contribution in [1.29, 1.82) is 0 Å². The van der Waals surface area contributed by atoms with E-state index in [0.717, 1.165) is 21.7 Å². The standard InChI is InChI=1S/C12H11NS/c1-2-9-4-3-5-10(6-9)12-7-11(14)8-13-12/h2-8,13-14H,1H2. The molecule has 1 nitrogen and oxygen atoms in total. The lowest BCUT2D eigenvalue weighted by Gasteiger charge is -1.99. The summed E-state index contributed by atoms with van der Waals surface area (Å²) in [5.74, 6) is 0. The molecule has 1 aromatic carbocycles. The molecule has 2 aromatic rings. The molecule has 2 rings (SSSR count). The Labute approximate surface area is 88.9 Å². The molecule has 2 heteroatoms. The summed E-state index contributed by atoms with van der Waals surface area (Å²) in [7, 11) is 0. The zero-order chi connectivity index (χ0) is 9.97. The highest BCUT2D eigenvalue weighted by Gasteiger charge is 1.99. The summed E-state index contributed by atoms with van der Waals surface area (Å²) in [6, 6.07) is 10.2. The average Bonchev–Trinajstić information content (AvgIpc) is 2.65. The van der Waals surface area contributed by atoms with Gasteiger partial charge < -0.3 is 4.98 Å². The van der Waals surface area contributed by atoms with Crippen molar-refractivity contribution in [3.63, 3.8) is 0 Å². The number of rotatable bonds is 2. The van der Waals surface area contributed by atoms with E-state index >= 15 is 0 Å². The molecule has 0 aliphatic rings. The van der Waals surface area contributed by atoms with Gasteiger partial charge in [0.25, 0.3) is 0 Å². The Balaban J connectivity index is 2.46. The van der Waals surface area contributed by atoms with Gasteiger partial charge in [0, 0.05) is 16.8 Å². The van der Waals surface area contributed by atoms with E-state index in [2.05, 4.69) is 36.3 Å². The number of hydrogen-bond acceptors (Lipinski definition) is 1. The van der Waals surface area contributed by atoms with Crippen molar-refractivity contribution in [3.05, 3.63) is 48.7 Å². The van der Waals surface area contributed by atoms with Crippen molar-refractivity contribution < 1.29 is 0 Å². The van der Waals surface area contributed by atoms with Crippen LogP contribution in [0.4, 0.5) is 0 Å². The van der Waals surface area contributed by atoms with Gasteiger partial charge in [-0.1, -0.05) is 30.9 Å². The summed E-state index contributed by atoms with van der Waals surface area (Å²) >= 11 is 4.25. The highest BCUT2D eigenvalue weighted by atomic mass is 32.1. The molecule has 1 N–H and O–H groups in total. The van der Waals surface area contributed by atoms with Gasteiger partial charge >= 0.3 is 0 Å². The van der Waals surface area contributed by atoms with Gasteiger partial charge in [0.05, 0.1) is 0 Å². The van der Waals surface area contributed by atoms with E-state index in [9.17, 15) is 0 Å². The quantitative estimate of drug-likeness (QED) is 0.690. The van der Waals surface area contributed by atoms with Crippen LogP contribution in [0, 0.1) is 0 Å². The lowest BCUT2D eigenvalue weighted by atomic mass is 10.1. The van der Waals surface area contributed by atoms with Gasteiger partial charge in [-0.3, -0.25) is 0 Å². The fourth-order valence-electron chi connectivity index (χ4n) is 1.38. The molecule has 0 bridgehead atoms. The van der Waals surface area contributed by atoms with Gasteiger partial charge in [0.1, 0.15) is 0 Å². The Morgan fingerprint density at radius 3 is 2.79 bits per heavy atom. The summed E-state index contributed by atoms with van der Waals surface area (Å²) in [4.78, 5) is 4.11. The van der Waals surface area contributed by atoms with Gasteiger partial charge in [-0.15, -0.1) is 12.6 Å². The molecule has 0 spiro atoms. The zero-order valence-corrected chi connectivity index (χ0v) is 8.59. The number of nitrogens with one attached hydrogen (secondary N) is 1. The van der Waals surface area contributed by atoms with Crippen LogP contribution in [0.3, 0.4) is 0 Å². The molecular weight excluding hydrogens is 190 g/mol. The summed E-state index contributed by atoms with van der Waals surface area (Å²) in [6.07, 6.45) is 3.72. The maximum absolute atomic E-state index is 4.25. The number of H-pyrrole nitrogens is 1. The summed E-state index contributed by atoms with van der Waals surface area (Å²) in [5.41, 5.74) is 3.36. The zero-order valence-electron chi connectivity index (χ0n) is 7.70. The Morgan fingerprint density at radius 1 is 1.29 bits per heavy atom. The third-order valence-corrected chi connectivity index (χ3v) is 2.36. The maximum atomic E-state index is 4.25. The third kappa shape index (κ3) is 1.75. The van der Waals surface area contributed by atoms with Crippen LogP contribution in [0.5, 0.6) is 0 Å². The van der Waals surface area contributed by atoms with Crippen molar-refractivity contribution in [2.45, 2.75) is 4.90 Å². The number of aromatic amines is 1. The first-order chi connectivity index (χ1) is 6.79. The average molecular weight is 201 g/mol. The first kappa shape index (κ1) is 9.16. The predicted molar refractivity (Wildman–Crippen MR) is 63.6 cm³/mol. The maximum Gasteiger partial charge on any atom is 0.0465 e. The van der Waals surface area contributed by atoms with Crippen LogP contribution in [0.1, 0.15) is 5.56 Å². The van der Waals surface area contributed by atoms with E-state index in [0.29, 0.717) is 0 Å². The van der Waals surface area contributed by atoms with E-state index in [4.69, 9.17) is 0 Å². The fourth-order valence-corrected chi connectivity index (χ4v) is 1.58. The van der Waals surface area contributed by atoms with E-state index in [1.54, 1.807) is 0 Å². The molecule has 0 unspecified atom stereocenters. The smallest absolute Gasteiger partial charge is 0.0465 e. The number of hydrogen-bond donors (Lipinski definition) is 2. The summed E-state index contributed by atoms with van der Waals surface area (Å²) in [5, 5.41) is 0. The van der Waals surface area contributed by atoms with Gasteiger partial charge in [-0.05, 0) is 23.3 Å². The van der Waals surface area contributed by atoms with Gasteiger partial charge in [0.2, 0.25) is 0 Å². The van der Waals surface area contributed by atoms with Crippen molar-refractivity contribution in [2.75, 3.05) is 0 Å². The molecule has 14 heavy (non-hydrogen) atoms. The Bertz CT molecular complexity index is 457. The van der Waals surface area contributed by atoms with Crippen LogP contribution in [-0.2, 0) is 0 Å². The number of aromatic nitrogens is 1. The lowest BCUT2D eigenvalue weighted by molar-refractivity contribution is 1.37. The Kier molecular flexibility index (Phi) is 2.46. The van der Waals surface area contributed by atoms with Crippen LogP contribution in [0.25, 0.3) is 17.3 Å². The van der Waals surface area contributed by atoms with Crippen LogP contribution < -0.4 is 0 Å². The monoisotopic (exact) mass is 201 g/mol. The highest BCUT2D eigenvalue weighted by Crippen LogP contribution is 2.21. The van der Waals surface area contributed by atoms with E-state index in [1.165, 1.54) is 0 Å². The number of benzene rings is 1. The van der Waals surface area contributed by atoms with Gasteiger partial charge in [0.15, 0.2) is 0 Å². The van der Waals surface area contributed by atoms with Crippen LogP contribution >= 0.6 is 12.6 Å². The van der Waals surface area contributed by atoms with Crippen LogP contribution in [0.2, 0.25) is 0 Å². The molecule has 0 atom stereocenters. The van der Waals surface area contributed by atoms with Crippen molar-refractivity contribution in [2.24, 2.45) is 0 Å². The lowest BCUT2D eigenvalue weighted by Crippen LogP contribution is -1.77. The van der Waals surface area contributed by atoms with Gasteiger partial charge in [-0.25, -0.2) is 0 Å². The first-order valence-electron chi connectivity index (χ1n) is 4.40. The molecule has 0 saturated carbocycles. The molecule has 0 amide bonds. The summed E-state index contributed by atoms with van der Waals surface area (Å²) < 4.78 is 0. The van der Waals surface area contributed by atoms with Crippen LogP contribution in [0.15, 0.2) is 48.0 Å². The minimum Gasteiger partial charge on any atom is -0.360 e. The molecular formula is C12H11NS. The van der Waals surface area contributed by atoms with Gasteiger partial charge in [-0.2, -0.15) is 0 Å². The second-order valence-electron chi connectivity index (χ2n) is 3.10. The predicted octanol–water partition coefficient (Wildman–Crippen LogP) is 3.61. The second kappa shape index (κ2) is 3.76. The van der Waals surface area contributed by atoms with E-state index < -0.39 is 0 Å². The van der Waals surface area contributed by atoms with Crippen LogP contribution in [-0.4, -0.2) is 4.98 Å². The highest BCUT2D eigenvalue weighted by molar-refractivity contribution is 7.80. The van der Waals surface area contributed by atoms with Crippen molar-refractivity contribution in [1.82, 2.24) is 4.98 Å². The topological polar surface area (TPSA) is 15.8 Å². The molecule has 0 aliphatic carbocycles. The second-order valence-corrected chi connectivity index (χ2v) is 3.62. The van der Waals surface area contributed by atoms with Crippen molar-refractivity contribution >= 4 is 18.7 Å². The molecule has 0 aliphatic heterocycles. The van der Waals surface area contributed by atoms with E-state index in [1.807, 2.05) is 30.5 Å². The summed E-state index contributed by atoms with van der Waals surface area (Å²) in [6.45, 7) is 3.75. The van der Waals surface area contributed by atoms with E-state index in [-0.39, 0.29) is 0 Å². The largest absolute Gasteiger partial charge is 0.360 e. The Hall–Kier alpha value is -1.41. The molecule has 0 saturated heterocycles.